The van der Waals surface area contributed by atoms with Crippen LogP contribution in [0.25, 0.3) is 0 Å². The summed E-state index contributed by atoms with van der Waals surface area (Å²) in [6.07, 6.45) is 0. The van der Waals surface area contributed by atoms with E-state index in [2.05, 4.69) is 4.72 Å². The third-order valence-electron chi connectivity index (χ3n) is 2.45. The lowest BCUT2D eigenvalue weighted by molar-refractivity contribution is 0.267. The third kappa shape index (κ3) is 3.93. The Morgan fingerprint density at radius 2 is 1.95 bits per heavy atom. The molecule has 0 fully saturated rings. The summed E-state index contributed by atoms with van der Waals surface area (Å²) < 4.78 is 52.8. The van der Waals surface area contributed by atoms with Gasteiger partial charge < -0.3 is 10.0 Å². The quantitative estimate of drug-likeness (QED) is 0.791. The number of aliphatic hydroxyl groups is 1. The number of rotatable bonds is 6. The third-order valence-corrected chi connectivity index (χ3v) is 3.93. The van der Waals surface area contributed by atoms with Crippen LogP contribution in [0.1, 0.15) is 5.56 Å². The van der Waals surface area contributed by atoms with Crippen molar-refractivity contribution in [3.05, 3.63) is 29.3 Å². The molecule has 0 aliphatic rings. The Morgan fingerprint density at radius 3 is 2.47 bits per heavy atom. The summed E-state index contributed by atoms with van der Waals surface area (Å²) >= 11 is 0. The molecule has 108 valence electrons. The van der Waals surface area contributed by atoms with Crippen molar-refractivity contribution in [2.75, 3.05) is 27.2 Å². The normalized spacial score (nSPS) is 12.1. The molecule has 2 N–H and O–H groups in total. The second-order valence-electron chi connectivity index (χ2n) is 4.20. The summed E-state index contributed by atoms with van der Waals surface area (Å²) in [6, 6.07) is 1.65. The van der Waals surface area contributed by atoms with E-state index in [0.717, 1.165) is 12.1 Å². The Balaban J connectivity index is 3.02. The summed E-state index contributed by atoms with van der Waals surface area (Å²) in [6.45, 7) is -0.367. The van der Waals surface area contributed by atoms with Crippen molar-refractivity contribution in [1.29, 1.82) is 0 Å². The van der Waals surface area contributed by atoms with E-state index in [1.54, 1.807) is 19.0 Å². The molecule has 1 aromatic carbocycles. The summed E-state index contributed by atoms with van der Waals surface area (Å²) in [4.78, 5) is 1.08. The molecular weight excluding hydrogens is 278 g/mol. The van der Waals surface area contributed by atoms with Gasteiger partial charge in [0, 0.05) is 13.1 Å². The van der Waals surface area contributed by atoms with Gasteiger partial charge in [0.15, 0.2) is 5.82 Å². The Hall–Kier alpha value is -1.09. The van der Waals surface area contributed by atoms with Gasteiger partial charge in [0.2, 0.25) is 10.0 Å². The van der Waals surface area contributed by atoms with Crippen LogP contribution in [-0.4, -0.2) is 45.6 Å². The number of hydrogen-bond donors (Lipinski definition) is 2. The lowest BCUT2D eigenvalue weighted by Gasteiger charge is -2.12. The van der Waals surface area contributed by atoms with E-state index < -0.39 is 38.7 Å². The van der Waals surface area contributed by atoms with Crippen molar-refractivity contribution in [2.45, 2.75) is 11.5 Å². The summed E-state index contributed by atoms with van der Waals surface area (Å²) in [5, 5.41) is 8.84. The van der Waals surface area contributed by atoms with E-state index in [1.807, 2.05) is 0 Å². The molecule has 19 heavy (non-hydrogen) atoms. The van der Waals surface area contributed by atoms with Gasteiger partial charge in [0.1, 0.15) is 10.7 Å². The van der Waals surface area contributed by atoms with Gasteiger partial charge in [-0.05, 0) is 26.2 Å². The molecule has 0 aliphatic carbocycles. The highest BCUT2D eigenvalue weighted by Crippen LogP contribution is 2.20. The second-order valence-corrected chi connectivity index (χ2v) is 5.93. The minimum absolute atomic E-state index is 0.0978. The molecule has 0 spiro atoms. The first kappa shape index (κ1) is 16.0. The highest BCUT2D eigenvalue weighted by Gasteiger charge is 2.22. The maximum Gasteiger partial charge on any atom is 0.243 e. The predicted molar refractivity (Wildman–Crippen MR) is 66.0 cm³/mol. The van der Waals surface area contributed by atoms with Gasteiger partial charge in [0.25, 0.3) is 0 Å². The Kier molecular flexibility index (Phi) is 5.36. The lowest BCUT2D eigenvalue weighted by atomic mass is 10.2. The molecule has 0 heterocycles. The standard InChI is InChI=1S/C11H16F2N2O3S/c1-15(2)6-5-14-19(17,18)10-4-3-9(12)8(7-16)11(10)13/h3-4,14,16H,5-7H2,1-2H3. The number of likely N-dealkylation sites (N-methyl/N-ethyl adjacent to an activating group) is 1. The highest BCUT2D eigenvalue weighted by atomic mass is 32.2. The van der Waals surface area contributed by atoms with Gasteiger partial charge in [-0.15, -0.1) is 0 Å². The fourth-order valence-electron chi connectivity index (χ4n) is 1.41. The molecule has 0 saturated heterocycles. The number of halogens is 2. The number of hydrogen-bond acceptors (Lipinski definition) is 4. The van der Waals surface area contributed by atoms with Gasteiger partial charge in [0.05, 0.1) is 12.2 Å². The van der Waals surface area contributed by atoms with Crippen LogP contribution in [0.3, 0.4) is 0 Å². The maximum absolute atomic E-state index is 13.8. The molecule has 0 saturated carbocycles. The maximum atomic E-state index is 13.8. The Bertz CT molecular complexity index is 547. The van der Waals surface area contributed by atoms with Crippen molar-refractivity contribution in [2.24, 2.45) is 0 Å². The van der Waals surface area contributed by atoms with Crippen LogP contribution in [0, 0.1) is 11.6 Å². The van der Waals surface area contributed by atoms with Crippen LogP contribution in [0.2, 0.25) is 0 Å². The van der Waals surface area contributed by atoms with Crippen molar-refractivity contribution in [3.63, 3.8) is 0 Å². The van der Waals surface area contributed by atoms with E-state index in [0.29, 0.717) is 6.54 Å². The van der Waals surface area contributed by atoms with Gasteiger partial charge >= 0.3 is 0 Å². The predicted octanol–water partition coefficient (Wildman–Crippen LogP) is 0.297. The topological polar surface area (TPSA) is 69.6 Å². The van der Waals surface area contributed by atoms with Crippen LogP contribution < -0.4 is 4.72 Å². The molecule has 0 amide bonds. The first-order valence-electron chi connectivity index (χ1n) is 5.51. The number of nitrogens with one attached hydrogen (secondary N) is 1. The largest absolute Gasteiger partial charge is 0.391 e. The van der Waals surface area contributed by atoms with Crippen LogP contribution >= 0.6 is 0 Å². The summed E-state index contributed by atoms with van der Waals surface area (Å²) in [5.41, 5.74) is -0.657. The molecule has 0 aliphatic heterocycles. The average Bonchev–Trinajstić information content (AvgIpc) is 2.28. The van der Waals surface area contributed by atoms with E-state index in [1.165, 1.54) is 0 Å². The zero-order valence-corrected chi connectivity index (χ0v) is 11.5. The summed E-state index contributed by atoms with van der Waals surface area (Å²) in [5.74, 6) is -2.24. The SMILES string of the molecule is CN(C)CCNS(=O)(=O)c1ccc(F)c(CO)c1F. The highest BCUT2D eigenvalue weighted by molar-refractivity contribution is 7.89. The van der Waals surface area contributed by atoms with Crippen LogP contribution in [0.5, 0.6) is 0 Å². The molecule has 0 bridgehead atoms. The molecule has 0 aromatic heterocycles. The molecule has 0 radical (unpaired) electrons. The molecule has 0 unspecified atom stereocenters. The fourth-order valence-corrected chi connectivity index (χ4v) is 2.53. The average molecular weight is 294 g/mol. The van der Waals surface area contributed by atoms with Crippen molar-refractivity contribution < 1.29 is 22.3 Å². The molecule has 8 heteroatoms. The number of nitrogens with zero attached hydrogens (tertiary/aromatic N) is 1. The minimum Gasteiger partial charge on any atom is -0.391 e. The van der Waals surface area contributed by atoms with Crippen molar-refractivity contribution in [1.82, 2.24) is 9.62 Å². The summed E-state index contributed by atoms with van der Waals surface area (Å²) in [7, 11) is -0.544. The Morgan fingerprint density at radius 1 is 1.32 bits per heavy atom. The monoisotopic (exact) mass is 294 g/mol. The zero-order chi connectivity index (χ0) is 14.6. The molecule has 1 aromatic rings. The van der Waals surface area contributed by atoms with Crippen LogP contribution in [0.4, 0.5) is 8.78 Å². The van der Waals surface area contributed by atoms with Crippen LogP contribution in [0.15, 0.2) is 17.0 Å². The lowest BCUT2D eigenvalue weighted by Crippen LogP contribution is -2.32. The minimum atomic E-state index is -4.07. The van der Waals surface area contributed by atoms with E-state index in [-0.39, 0.29) is 6.54 Å². The van der Waals surface area contributed by atoms with Crippen molar-refractivity contribution >= 4 is 10.0 Å². The zero-order valence-electron chi connectivity index (χ0n) is 10.7. The smallest absolute Gasteiger partial charge is 0.243 e. The first-order valence-corrected chi connectivity index (χ1v) is 7.00. The number of sulfonamides is 1. The van der Waals surface area contributed by atoms with Crippen LogP contribution in [-0.2, 0) is 16.6 Å². The molecular formula is C11H16F2N2O3S. The van der Waals surface area contributed by atoms with Gasteiger partial charge in [-0.3, -0.25) is 0 Å². The van der Waals surface area contributed by atoms with Gasteiger partial charge in [-0.25, -0.2) is 21.9 Å². The van der Waals surface area contributed by atoms with Crippen molar-refractivity contribution in [3.8, 4) is 0 Å². The first-order chi connectivity index (χ1) is 8.79. The molecule has 0 atom stereocenters. The molecule has 5 nitrogen and oxygen atoms in total. The Labute approximate surface area is 110 Å². The second kappa shape index (κ2) is 6.38. The fraction of sp³-hybridized carbons (Fsp3) is 0.455. The number of aliphatic hydroxyl groups excluding tert-OH is 1. The molecule has 1 rings (SSSR count). The number of benzene rings is 1. The van der Waals surface area contributed by atoms with E-state index >= 15 is 0 Å². The van der Waals surface area contributed by atoms with Gasteiger partial charge in [-0.1, -0.05) is 0 Å². The van der Waals surface area contributed by atoms with E-state index in [4.69, 9.17) is 5.11 Å². The van der Waals surface area contributed by atoms with Gasteiger partial charge in [-0.2, -0.15) is 0 Å². The van der Waals surface area contributed by atoms with E-state index in [9.17, 15) is 17.2 Å².